The predicted molar refractivity (Wildman–Crippen MR) is 74.8 cm³/mol. The first-order valence-electron chi connectivity index (χ1n) is 5.76. The van der Waals surface area contributed by atoms with E-state index in [4.69, 9.17) is 11.6 Å². The molecule has 2 aromatic heterocycles. The highest BCUT2D eigenvalue weighted by atomic mass is 35.5. The summed E-state index contributed by atoms with van der Waals surface area (Å²) in [5, 5.41) is 3.41. The molecule has 0 amide bonds. The van der Waals surface area contributed by atoms with Crippen LogP contribution in [0.25, 0.3) is 0 Å². The Bertz CT molecular complexity index is 473. The highest BCUT2D eigenvalue weighted by molar-refractivity contribution is 7.16. The Morgan fingerprint density at radius 3 is 2.82 bits per heavy atom. The minimum absolute atomic E-state index is 0.523. The molecule has 0 aliphatic rings. The number of halogens is 1. The van der Waals surface area contributed by atoms with Gasteiger partial charge in [-0.2, -0.15) is 0 Å². The molecule has 0 fully saturated rings. The van der Waals surface area contributed by atoms with Gasteiger partial charge in [-0.25, -0.2) is 0 Å². The van der Waals surface area contributed by atoms with Gasteiger partial charge in [0.25, 0.3) is 0 Å². The SMILES string of the molecule is CC(C)NCc1ccn(Cc2ccc(Cl)s2)c1. The van der Waals surface area contributed by atoms with E-state index in [1.807, 2.05) is 6.07 Å². The van der Waals surface area contributed by atoms with Crippen LogP contribution in [0.15, 0.2) is 30.6 Å². The first kappa shape index (κ1) is 12.7. The van der Waals surface area contributed by atoms with E-state index < -0.39 is 0 Å². The van der Waals surface area contributed by atoms with E-state index in [0.717, 1.165) is 17.4 Å². The Hall–Kier alpha value is -0.770. The Morgan fingerprint density at radius 2 is 2.18 bits per heavy atom. The molecule has 0 saturated carbocycles. The van der Waals surface area contributed by atoms with Crippen molar-refractivity contribution in [2.45, 2.75) is 33.0 Å². The number of hydrogen-bond acceptors (Lipinski definition) is 2. The summed E-state index contributed by atoms with van der Waals surface area (Å²) in [5.74, 6) is 0. The third kappa shape index (κ3) is 3.87. The maximum absolute atomic E-state index is 5.92. The largest absolute Gasteiger partial charge is 0.349 e. The van der Waals surface area contributed by atoms with E-state index in [1.54, 1.807) is 11.3 Å². The maximum Gasteiger partial charge on any atom is 0.0931 e. The normalized spacial score (nSPS) is 11.3. The third-order valence-electron chi connectivity index (χ3n) is 2.49. The Labute approximate surface area is 111 Å². The summed E-state index contributed by atoms with van der Waals surface area (Å²) in [6.07, 6.45) is 4.30. The molecule has 1 N–H and O–H groups in total. The van der Waals surface area contributed by atoms with Gasteiger partial charge in [-0.15, -0.1) is 11.3 Å². The van der Waals surface area contributed by atoms with Crippen LogP contribution in [0.5, 0.6) is 0 Å². The molecule has 17 heavy (non-hydrogen) atoms. The molecule has 0 atom stereocenters. The lowest BCUT2D eigenvalue weighted by Gasteiger charge is -2.05. The molecule has 0 spiro atoms. The number of aromatic nitrogens is 1. The average molecular weight is 269 g/mol. The van der Waals surface area contributed by atoms with Crippen molar-refractivity contribution in [3.63, 3.8) is 0 Å². The molecule has 0 aromatic carbocycles. The quantitative estimate of drug-likeness (QED) is 0.874. The van der Waals surface area contributed by atoms with Crippen molar-refractivity contribution < 1.29 is 0 Å². The first-order chi connectivity index (χ1) is 8.13. The van der Waals surface area contributed by atoms with E-state index in [1.165, 1.54) is 10.4 Å². The van der Waals surface area contributed by atoms with Crippen molar-refractivity contribution in [3.8, 4) is 0 Å². The summed E-state index contributed by atoms with van der Waals surface area (Å²) < 4.78 is 3.05. The molecule has 0 aliphatic carbocycles. The van der Waals surface area contributed by atoms with Crippen LogP contribution >= 0.6 is 22.9 Å². The van der Waals surface area contributed by atoms with Gasteiger partial charge in [-0.1, -0.05) is 25.4 Å². The summed E-state index contributed by atoms with van der Waals surface area (Å²) >= 11 is 7.55. The smallest absolute Gasteiger partial charge is 0.0931 e. The summed E-state index contributed by atoms with van der Waals surface area (Å²) in [6.45, 7) is 6.14. The third-order valence-corrected chi connectivity index (χ3v) is 3.71. The van der Waals surface area contributed by atoms with E-state index in [0.29, 0.717) is 6.04 Å². The van der Waals surface area contributed by atoms with E-state index in [9.17, 15) is 0 Å². The summed E-state index contributed by atoms with van der Waals surface area (Å²) in [6, 6.07) is 6.71. The lowest BCUT2D eigenvalue weighted by molar-refractivity contribution is 0.588. The second-order valence-electron chi connectivity index (χ2n) is 4.43. The molecule has 0 saturated heterocycles. The van der Waals surface area contributed by atoms with Gasteiger partial charge in [0.2, 0.25) is 0 Å². The molecule has 2 nitrogen and oxygen atoms in total. The number of thiophene rings is 1. The predicted octanol–water partition coefficient (Wildman–Crippen LogP) is 3.75. The van der Waals surface area contributed by atoms with Gasteiger partial charge >= 0.3 is 0 Å². The van der Waals surface area contributed by atoms with Gasteiger partial charge in [-0.05, 0) is 23.8 Å². The van der Waals surface area contributed by atoms with Gasteiger partial charge < -0.3 is 9.88 Å². The summed E-state index contributed by atoms with van der Waals surface area (Å²) in [4.78, 5) is 1.29. The van der Waals surface area contributed by atoms with Gasteiger partial charge in [0.1, 0.15) is 0 Å². The number of rotatable bonds is 5. The molecule has 2 heterocycles. The number of nitrogens with one attached hydrogen (secondary N) is 1. The molecular weight excluding hydrogens is 252 g/mol. The van der Waals surface area contributed by atoms with Gasteiger partial charge in [0.15, 0.2) is 0 Å². The Balaban J connectivity index is 1.94. The van der Waals surface area contributed by atoms with Gasteiger partial charge in [0.05, 0.1) is 10.9 Å². The van der Waals surface area contributed by atoms with Crippen LogP contribution in [0.3, 0.4) is 0 Å². The minimum atomic E-state index is 0.523. The molecule has 0 aliphatic heterocycles. The Morgan fingerprint density at radius 1 is 1.35 bits per heavy atom. The van der Waals surface area contributed by atoms with Crippen LogP contribution in [-0.4, -0.2) is 10.6 Å². The van der Waals surface area contributed by atoms with Crippen molar-refractivity contribution in [1.82, 2.24) is 9.88 Å². The van der Waals surface area contributed by atoms with Crippen molar-refractivity contribution in [1.29, 1.82) is 0 Å². The molecule has 0 radical (unpaired) electrons. The number of hydrogen-bond donors (Lipinski definition) is 1. The lowest BCUT2D eigenvalue weighted by Crippen LogP contribution is -2.21. The molecule has 92 valence electrons. The second kappa shape index (κ2) is 5.71. The minimum Gasteiger partial charge on any atom is -0.349 e. The van der Waals surface area contributed by atoms with Gasteiger partial charge in [0, 0.05) is 29.9 Å². The highest BCUT2D eigenvalue weighted by Gasteiger charge is 2.01. The van der Waals surface area contributed by atoms with Crippen LogP contribution in [0.2, 0.25) is 4.34 Å². The molecule has 0 unspecified atom stereocenters. The van der Waals surface area contributed by atoms with Gasteiger partial charge in [-0.3, -0.25) is 0 Å². The monoisotopic (exact) mass is 268 g/mol. The van der Waals surface area contributed by atoms with Crippen molar-refractivity contribution >= 4 is 22.9 Å². The van der Waals surface area contributed by atoms with Crippen LogP contribution in [-0.2, 0) is 13.1 Å². The Kier molecular flexibility index (Phi) is 4.26. The zero-order chi connectivity index (χ0) is 12.3. The lowest BCUT2D eigenvalue weighted by atomic mass is 10.3. The summed E-state index contributed by atoms with van der Waals surface area (Å²) in [5.41, 5.74) is 1.32. The zero-order valence-corrected chi connectivity index (χ0v) is 11.7. The van der Waals surface area contributed by atoms with Crippen LogP contribution in [0.4, 0.5) is 0 Å². The van der Waals surface area contributed by atoms with Crippen molar-refractivity contribution in [2.75, 3.05) is 0 Å². The number of nitrogens with zero attached hydrogens (tertiary/aromatic N) is 1. The first-order valence-corrected chi connectivity index (χ1v) is 6.95. The van der Waals surface area contributed by atoms with E-state index in [-0.39, 0.29) is 0 Å². The molecule has 0 bridgehead atoms. The standard InChI is InChI=1S/C13H17ClN2S/c1-10(2)15-7-11-5-6-16(8-11)9-12-3-4-13(14)17-12/h3-6,8,10,15H,7,9H2,1-2H3. The topological polar surface area (TPSA) is 17.0 Å². The van der Waals surface area contributed by atoms with E-state index in [2.05, 4.69) is 48.3 Å². The van der Waals surface area contributed by atoms with Crippen molar-refractivity contribution in [2.24, 2.45) is 0 Å². The van der Waals surface area contributed by atoms with E-state index >= 15 is 0 Å². The molecule has 2 aromatic rings. The fourth-order valence-corrected chi connectivity index (χ4v) is 2.73. The zero-order valence-electron chi connectivity index (χ0n) is 10.1. The van der Waals surface area contributed by atoms with Crippen LogP contribution < -0.4 is 5.32 Å². The van der Waals surface area contributed by atoms with Crippen LogP contribution in [0.1, 0.15) is 24.3 Å². The molecular formula is C13H17ClN2S. The maximum atomic E-state index is 5.92. The molecule has 4 heteroatoms. The average Bonchev–Trinajstić information content (AvgIpc) is 2.86. The second-order valence-corrected chi connectivity index (χ2v) is 6.23. The highest BCUT2D eigenvalue weighted by Crippen LogP contribution is 2.22. The molecule has 2 rings (SSSR count). The van der Waals surface area contributed by atoms with Crippen molar-refractivity contribution in [3.05, 3.63) is 45.4 Å². The van der Waals surface area contributed by atoms with Crippen LogP contribution in [0, 0.1) is 0 Å². The fourth-order valence-electron chi connectivity index (χ4n) is 1.63. The summed E-state index contributed by atoms with van der Waals surface area (Å²) in [7, 11) is 0. The fraction of sp³-hybridized carbons (Fsp3) is 0.385.